The third-order valence-electron chi connectivity index (χ3n) is 4.60. The SMILES string of the molecule is CCN1CC(C)(C)Oc2ccc(CC3CCCCN3)cc21. The summed E-state index contributed by atoms with van der Waals surface area (Å²) < 4.78 is 6.14. The van der Waals surface area contributed by atoms with Gasteiger partial charge in [-0.05, 0) is 64.3 Å². The molecule has 1 unspecified atom stereocenters. The highest BCUT2D eigenvalue weighted by Gasteiger charge is 2.31. The van der Waals surface area contributed by atoms with Crippen molar-refractivity contribution in [3.63, 3.8) is 0 Å². The normalized spacial score (nSPS) is 24.3. The molecule has 0 radical (unpaired) electrons. The second kappa shape index (κ2) is 5.88. The van der Waals surface area contributed by atoms with E-state index in [1.54, 1.807) is 0 Å². The first-order chi connectivity index (χ1) is 10.1. The Balaban J connectivity index is 1.79. The lowest BCUT2D eigenvalue weighted by atomic mass is 9.96. The minimum Gasteiger partial charge on any atom is -0.484 e. The van der Waals surface area contributed by atoms with Crippen LogP contribution in [0.3, 0.4) is 0 Å². The van der Waals surface area contributed by atoms with Crippen LogP contribution in [-0.4, -0.2) is 31.3 Å². The molecule has 1 N–H and O–H groups in total. The summed E-state index contributed by atoms with van der Waals surface area (Å²) in [7, 11) is 0. The van der Waals surface area contributed by atoms with Crippen molar-refractivity contribution in [1.82, 2.24) is 5.32 Å². The second-order valence-electron chi connectivity index (χ2n) is 7.03. The third-order valence-corrected chi connectivity index (χ3v) is 4.60. The van der Waals surface area contributed by atoms with Crippen LogP contribution in [-0.2, 0) is 6.42 Å². The highest BCUT2D eigenvalue weighted by molar-refractivity contribution is 5.62. The number of nitrogens with zero attached hydrogens (tertiary/aromatic N) is 1. The first-order valence-corrected chi connectivity index (χ1v) is 8.38. The molecule has 1 saturated heterocycles. The van der Waals surface area contributed by atoms with Gasteiger partial charge in [0.05, 0.1) is 12.2 Å². The van der Waals surface area contributed by atoms with E-state index in [0.717, 1.165) is 25.3 Å². The molecule has 1 fully saturated rings. The predicted molar refractivity (Wildman–Crippen MR) is 88.4 cm³/mol. The number of piperidine rings is 1. The lowest BCUT2D eigenvalue weighted by molar-refractivity contribution is 0.105. The molecule has 3 heteroatoms. The zero-order valence-electron chi connectivity index (χ0n) is 13.6. The van der Waals surface area contributed by atoms with Gasteiger partial charge in [-0.3, -0.25) is 0 Å². The van der Waals surface area contributed by atoms with Gasteiger partial charge in [0.1, 0.15) is 11.4 Å². The summed E-state index contributed by atoms with van der Waals surface area (Å²) in [5.74, 6) is 1.04. The van der Waals surface area contributed by atoms with Crippen LogP contribution in [0.15, 0.2) is 18.2 Å². The maximum Gasteiger partial charge on any atom is 0.143 e. The highest BCUT2D eigenvalue weighted by atomic mass is 16.5. The van der Waals surface area contributed by atoms with E-state index in [-0.39, 0.29) is 5.60 Å². The molecule has 0 saturated carbocycles. The highest BCUT2D eigenvalue weighted by Crippen LogP contribution is 2.37. The minimum absolute atomic E-state index is 0.102. The average Bonchev–Trinajstić information content (AvgIpc) is 2.47. The summed E-state index contributed by atoms with van der Waals surface area (Å²) in [5, 5.41) is 3.64. The molecular weight excluding hydrogens is 260 g/mol. The predicted octanol–water partition coefficient (Wildman–Crippen LogP) is 3.37. The molecule has 21 heavy (non-hydrogen) atoms. The molecule has 3 rings (SSSR count). The van der Waals surface area contributed by atoms with Crippen molar-refractivity contribution in [1.29, 1.82) is 0 Å². The summed E-state index contributed by atoms with van der Waals surface area (Å²) in [6.07, 6.45) is 5.13. The molecule has 0 aliphatic carbocycles. The summed E-state index contributed by atoms with van der Waals surface area (Å²) in [5.41, 5.74) is 2.59. The topological polar surface area (TPSA) is 24.5 Å². The summed E-state index contributed by atoms with van der Waals surface area (Å²) in [4.78, 5) is 2.44. The van der Waals surface area contributed by atoms with Crippen molar-refractivity contribution < 1.29 is 4.74 Å². The van der Waals surface area contributed by atoms with Crippen molar-refractivity contribution >= 4 is 5.69 Å². The summed E-state index contributed by atoms with van der Waals surface area (Å²) in [6.45, 7) is 9.72. The Labute approximate surface area is 128 Å². The van der Waals surface area contributed by atoms with E-state index < -0.39 is 0 Å². The fourth-order valence-electron chi connectivity index (χ4n) is 3.56. The fraction of sp³-hybridized carbons (Fsp3) is 0.667. The van der Waals surface area contributed by atoms with Gasteiger partial charge >= 0.3 is 0 Å². The molecule has 116 valence electrons. The Morgan fingerprint density at radius 2 is 2.19 bits per heavy atom. The number of hydrogen-bond acceptors (Lipinski definition) is 3. The first kappa shape index (κ1) is 14.7. The molecule has 0 aromatic heterocycles. The monoisotopic (exact) mass is 288 g/mol. The molecule has 0 amide bonds. The van der Waals surface area contributed by atoms with Crippen molar-refractivity contribution in [3.8, 4) is 5.75 Å². The van der Waals surface area contributed by atoms with Gasteiger partial charge in [-0.1, -0.05) is 12.5 Å². The van der Waals surface area contributed by atoms with Crippen molar-refractivity contribution in [3.05, 3.63) is 23.8 Å². The maximum absolute atomic E-state index is 6.14. The van der Waals surface area contributed by atoms with Gasteiger partial charge in [0.25, 0.3) is 0 Å². The van der Waals surface area contributed by atoms with Crippen LogP contribution >= 0.6 is 0 Å². The standard InChI is InChI=1S/C18H28N2O/c1-4-20-13-18(2,3)21-17-9-8-14(12-16(17)20)11-15-7-5-6-10-19-15/h8-9,12,15,19H,4-7,10-11,13H2,1-3H3. The van der Waals surface area contributed by atoms with Crippen LogP contribution in [0.1, 0.15) is 45.6 Å². The van der Waals surface area contributed by atoms with Gasteiger partial charge < -0.3 is 15.0 Å². The zero-order valence-corrected chi connectivity index (χ0v) is 13.6. The second-order valence-corrected chi connectivity index (χ2v) is 7.03. The Kier molecular flexibility index (Phi) is 4.12. The van der Waals surface area contributed by atoms with Gasteiger partial charge in [-0.2, -0.15) is 0 Å². The third kappa shape index (κ3) is 3.34. The Morgan fingerprint density at radius 1 is 1.33 bits per heavy atom. The van der Waals surface area contributed by atoms with Crippen LogP contribution in [0.25, 0.3) is 0 Å². The minimum atomic E-state index is -0.102. The smallest absolute Gasteiger partial charge is 0.143 e. The van der Waals surface area contributed by atoms with E-state index in [2.05, 4.69) is 49.2 Å². The molecule has 2 aliphatic heterocycles. The number of rotatable bonds is 3. The quantitative estimate of drug-likeness (QED) is 0.923. The van der Waals surface area contributed by atoms with Gasteiger partial charge in [0.2, 0.25) is 0 Å². The summed E-state index contributed by atoms with van der Waals surface area (Å²) >= 11 is 0. The number of ether oxygens (including phenoxy) is 1. The molecule has 1 atom stereocenters. The zero-order chi connectivity index (χ0) is 14.9. The number of likely N-dealkylation sites (N-methyl/N-ethyl adjacent to an activating group) is 1. The number of nitrogens with one attached hydrogen (secondary N) is 1. The number of benzene rings is 1. The van der Waals surface area contributed by atoms with Crippen LogP contribution in [0, 0.1) is 0 Å². The van der Waals surface area contributed by atoms with Crippen molar-refractivity contribution in [2.24, 2.45) is 0 Å². The molecule has 2 heterocycles. The molecule has 3 nitrogen and oxygen atoms in total. The van der Waals surface area contributed by atoms with E-state index in [0.29, 0.717) is 6.04 Å². The molecule has 1 aromatic carbocycles. The number of fused-ring (bicyclic) bond motifs is 1. The molecule has 0 bridgehead atoms. The fourth-order valence-corrected chi connectivity index (χ4v) is 3.56. The molecule has 0 spiro atoms. The van der Waals surface area contributed by atoms with E-state index in [9.17, 15) is 0 Å². The van der Waals surface area contributed by atoms with Crippen LogP contribution < -0.4 is 15.0 Å². The maximum atomic E-state index is 6.14. The van der Waals surface area contributed by atoms with Crippen molar-refractivity contribution in [2.45, 2.75) is 58.1 Å². The molecular formula is C18H28N2O. The number of anilines is 1. The van der Waals surface area contributed by atoms with E-state index in [1.807, 2.05) is 0 Å². The largest absolute Gasteiger partial charge is 0.484 e. The van der Waals surface area contributed by atoms with Gasteiger partial charge in [0, 0.05) is 12.6 Å². The van der Waals surface area contributed by atoms with E-state index in [4.69, 9.17) is 4.74 Å². The van der Waals surface area contributed by atoms with Gasteiger partial charge in [-0.25, -0.2) is 0 Å². The molecule has 2 aliphatic rings. The van der Waals surface area contributed by atoms with Crippen LogP contribution in [0.2, 0.25) is 0 Å². The van der Waals surface area contributed by atoms with Crippen LogP contribution in [0.5, 0.6) is 5.75 Å². The summed E-state index contributed by atoms with van der Waals surface area (Å²) in [6, 6.07) is 7.39. The molecule has 1 aromatic rings. The van der Waals surface area contributed by atoms with Gasteiger partial charge in [0.15, 0.2) is 0 Å². The van der Waals surface area contributed by atoms with Gasteiger partial charge in [-0.15, -0.1) is 0 Å². The first-order valence-electron chi connectivity index (χ1n) is 8.38. The van der Waals surface area contributed by atoms with E-state index in [1.165, 1.54) is 37.1 Å². The Morgan fingerprint density at radius 3 is 2.90 bits per heavy atom. The van der Waals surface area contributed by atoms with E-state index >= 15 is 0 Å². The van der Waals surface area contributed by atoms with Crippen LogP contribution in [0.4, 0.5) is 5.69 Å². The number of hydrogen-bond donors (Lipinski definition) is 1. The Hall–Kier alpha value is -1.22. The average molecular weight is 288 g/mol. The van der Waals surface area contributed by atoms with Crippen molar-refractivity contribution in [2.75, 3.05) is 24.5 Å². The Bertz CT molecular complexity index is 492. The lowest BCUT2D eigenvalue weighted by Crippen LogP contribution is -2.46. The lowest BCUT2D eigenvalue weighted by Gasteiger charge is -2.40.